The lowest BCUT2D eigenvalue weighted by Gasteiger charge is -2.18. The third kappa shape index (κ3) is 3.90. The molecule has 7 nitrogen and oxygen atoms in total. The summed E-state index contributed by atoms with van der Waals surface area (Å²) in [5.74, 6) is 0.624. The lowest BCUT2D eigenvalue weighted by atomic mass is 10.2. The molecular formula is C20H20ClN5O2S2. The smallest absolute Gasteiger partial charge is 0.243 e. The van der Waals surface area contributed by atoms with E-state index in [0.29, 0.717) is 45.6 Å². The summed E-state index contributed by atoms with van der Waals surface area (Å²) in [6.07, 6.45) is 0. The molecule has 0 radical (unpaired) electrons. The second-order valence-corrected chi connectivity index (χ2v) is 9.88. The second-order valence-electron chi connectivity index (χ2n) is 6.59. The number of hydrogen-bond acceptors (Lipinski definition) is 6. The molecule has 0 aliphatic carbocycles. The van der Waals surface area contributed by atoms with E-state index in [1.165, 1.54) is 16.1 Å². The maximum atomic E-state index is 12.8. The third-order valence-electron chi connectivity index (χ3n) is 4.82. The fourth-order valence-corrected chi connectivity index (χ4v) is 5.78. The molecule has 1 N–H and O–H groups in total. The number of sulfonamides is 1. The molecule has 0 aliphatic rings. The van der Waals surface area contributed by atoms with Crippen LogP contribution in [0.3, 0.4) is 0 Å². The van der Waals surface area contributed by atoms with Gasteiger partial charge in [0, 0.05) is 34.8 Å². The second kappa shape index (κ2) is 8.50. The van der Waals surface area contributed by atoms with E-state index < -0.39 is 10.0 Å². The average Bonchev–Trinajstić information content (AvgIpc) is 3.11. The van der Waals surface area contributed by atoms with Crippen LogP contribution in [0.25, 0.3) is 22.1 Å². The van der Waals surface area contributed by atoms with E-state index in [-0.39, 0.29) is 4.90 Å². The van der Waals surface area contributed by atoms with Crippen LogP contribution in [0.5, 0.6) is 0 Å². The number of hydrogen-bond donors (Lipinski definition) is 1. The van der Waals surface area contributed by atoms with Crippen molar-refractivity contribution in [3.05, 3.63) is 53.1 Å². The number of aromatic amines is 1. The van der Waals surface area contributed by atoms with E-state index in [4.69, 9.17) is 11.6 Å². The Bertz CT molecular complexity index is 1320. The number of fused-ring (bicyclic) bond motifs is 3. The number of aromatic nitrogens is 4. The van der Waals surface area contributed by atoms with Gasteiger partial charge in [-0.2, -0.15) is 4.31 Å². The fourth-order valence-electron chi connectivity index (χ4n) is 3.23. The van der Waals surface area contributed by atoms with E-state index >= 15 is 0 Å². The summed E-state index contributed by atoms with van der Waals surface area (Å²) in [6, 6.07) is 12.6. The largest absolute Gasteiger partial charge is 0.338 e. The van der Waals surface area contributed by atoms with Crippen molar-refractivity contribution in [2.24, 2.45) is 0 Å². The zero-order chi connectivity index (χ0) is 21.3. The van der Waals surface area contributed by atoms with Gasteiger partial charge in [0.15, 0.2) is 5.65 Å². The zero-order valence-electron chi connectivity index (χ0n) is 16.5. The summed E-state index contributed by atoms with van der Waals surface area (Å²) in [5.41, 5.74) is 2.87. The molecule has 2 aromatic heterocycles. The quantitative estimate of drug-likeness (QED) is 0.408. The lowest BCUT2D eigenvalue weighted by Crippen LogP contribution is -2.30. The summed E-state index contributed by atoms with van der Waals surface area (Å²) < 4.78 is 27.1. The first-order valence-corrected chi connectivity index (χ1v) is 12.3. The number of H-pyrrole nitrogens is 1. The van der Waals surface area contributed by atoms with Crippen molar-refractivity contribution in [3.8, 4) is 0 Å². The van der Waals surface area contributed by atoms with Crippen LogP contribution in [-0.4, -0.2) is 46.0 Å². The van der Waals surface area contributed by atoms with Crippen molar-refractivity contribution >= 4 is 55.5 Å². The van der Waals surface area contributed by atoms with E-state index in [1.54, 1.807) is 18.2 Å². The molecule has 0 saturated heterocycles. The standard InChI is InChI=1S/C20H20ClN5O2S2/c1-3-26(4-2)30(27,28)14-9-10-17-15(11-14)18-19(22-17)23-20(25-24-18)29-12-13-7-5-6-8-16(13)21/h5-11H,3-4,12H2,1-2H3,(H,22,23,25). The molecule has 0 aliphatic heterocycles. The van der Waals surface area contributed by atoms with Crippen LogP contribution in [0.15, 0.2) is 52.5 Å². The van der Waals surface area contributed by atoms with Gasteiger partial charge >= 0.3 is 0 Å². The molecule has 0 bridgehead atoms. The van der Waals surface area contributed by atoms with Gasteiger partial charge in [0.1, 0.15) is 5.52 Å². The van der Waals surface area contributed by atoms with Gasteiger partial charge in [0.05, 0.1) is 4.90 Å². The highest BCUT2D eigenvalue weighted by atomic mass is 35.5. The molecule has 0 spiro atoms. The molecule has 2 aromatic carbocycles. The molecule has 0 unspecified atom stereocenters. The predicted molar refractivity (Wildman–Crippen MR) is 120 cm³/mol. The summed E-state index contributed by atoms with van der Waals surface area (Å²) in [4.78, 5) is 7.98. The maximum Gasteiger partial charge on any atom is 0.243 e. The number of nitrogens with one attached hydrogen (secondary N) is 1. The molecule has 0 amide bonds. The Hall–Kier alpha value is -2.20. The summed E-state index contributed by atoms with van der Waals surface area (Å²) in [7, 11) is -3.56. The van der Waals surface area contributed by atoms with Gasteiger partial charge < -0.3 is 4.98 Å². The van der Waals surface area contributed by atoms with Gasteiger partial charge in [-0.25, -0.2) is 13.4 Å². The molecule has 0 fully saturated rings. The van der Waals surface area contributed by atoms with Gasteiger partial charge in [-0.1, -0.05) is 55.4 Å². The van der Waals surface area contributed by atoms with E-state index in [9.17, 15) is 8.42 Å². The van der Waals surface area contributed by atoms with Crippen LogP contribution in [0.4, 0.5) is 0 Å². The molecule has 10 heteroatoms. The SMILES string of the molecule is CCN(CC)S(=O)(=O)c1ccc2[nH]c3nc(SCc4ccccc4Cl)nnc3c2c1. The van der Waals surface area contributed by atoms with Crippen molar-refractivity contribution in [1.82, 2.24) is 24.5 Å². The number of halogens is 1. The van der Waals surface area contributed by atoms with Crippen molar-refractivity contribution in [2.45, 2.75) is 29.7 Å². The fraction of sp³-hybridized carbons (Fsp3) is 0.250. The van der Waals surface area contributed by atoms with Crippen LogP contribution in [-0.2, 0) is 15.8 Å². The minimum atomic E-state index is -3.56. The van der Waals surface area contributed by atoms with E-state index in [2.05, 4.69) is 20.2 Å². The van der Waals surface area contributed by atoms with E-state index in [1.807, 2.05) is 38.1 Å². The molecule has 30 heavy (non-hydrogen) atoms. The van der Waals surface area contributed by atoms with Crippen molar-refractivity contribution in [3.63, 3.8) is 0 Å². The van der Waals surface area contributed by atoms with Crippen LogP contribution in [0.1, 0.15) is 19.4 Å². The normalized spacial score (nSPS) is 12.3. The average molecular weight is 462 g/mol. The highest BCUT2D eigenvalue weighted by Crippen LogP contribution is 2.29. The van der Waals surface area contributed by atoms with Crippen molar-refractivity contribution in [2.75, 3.05) is 13.1 Å². The van der Waals surface area contributed by atoms with Gasteiger partial charge in [-0.15, -0.1) is 10.2 Å². The predicted octanol–water partition coefficient (Wildman–Crippen LogP) is 4.48. The number of thioether (sulfide) groups is 1. The van der Waals surface area contributed by atoms with Crippen molar-refractivity contribution < 1.29 is 8.42 Å². The Balaban J connectivity index is 1.67. The summed E-state index contributed by atoms with van der Waals surface area (Å²) in [5, 5.41) is 10.4. The topological polar surface area (TPSA) is 91.8 Å². The molecule has 0 saturated carbocycles. The Kier molecular flexibility index (Phi) is 5.97. The van der Waals surface area contributed by atoms with Crippen LogP contribution >= 0.6 is 23.4 Å². The molecule has 0 atom stereocenters. The Morgan fingerprint density at radius 3 is 2.60 bits per heavy atom. The number of nitrogens with zero attached hydrogens (tertiary/aromatic N) is 4. The van der Waals surface area contributed by atoms with Crippen LogP contribution in [0, 0.1) is 0 Å². The highest BCUT2D eigenvalue weighted by molar-refractivity contribution is 7.98. The number of rotatable bonds is 7. The van der Waals surface area contributed by atoms with Crippen molar-refractivity contribution in [1.29, 1.82) is 0 Å². The molecule has 4 rings (SSSR count). The van der Waals surface area contributed by atoms with Gasteiger partial charge in [0.2, 0.25) is 15.2 Å². The lowest BCUT2D eigenvalue weighted by molar-refractivity contribution is 0.445. The van der Waals surface area contributed by atoms with Crippen LogP contribution in [0.2, 0.25) is 5.02 Å². The van der Waals surface area contributed by atoms with Crippen LogP contribution < -0.4 is 0 Å². The third-order valence-corrected chi connectivity index (χ3v) is 8.13. The maximum absolute atomic E-state index is 12.8. The summed E-state index contributed by atoms with van der Waals surface area (Å²) >= 11 is 7.64. The molecular weight excluding hydrogens is 442 g/mol. The Morgan fingerprint density at radius 1 is 1.10 bits per heavy atom. The molecule has 4 aromatic rings. The number of benzene rings is 2. The minimum absolute atomic E-state index is 0.235. The van der Waals surface area contributed by atoms with Gasteiger partial charge in [-0.3, -0.25) is 0 Å². The minimum Gasteiger partial charge on any atom is -0.338 e. The van der Waals surface area contributed by atoms with Gasteiger partial charge in [0.25, 0.3) is 0 Å². The zero-order valence-corrected chi connectivity index (χ0v) is 18.9. The summed E-state index contributed by atoms with van der Waals surface area (Å²) in [6.45, 7) is 4.47. The monoisotopic (exact) mass is 461 g/mol. The highest BCUT2D eigenvalue weighted by Gasteiger charge is 2.22. The van der Waals surface area contributed by atoms with E-state index in [0.717, 1.165) is 11.1 Å². The molecule has 156 valence electrons. The first-order valence-electron chi connectivity index (χ1n) is 9.46. The molecule has 2 heterocycles. The first-order chi connectivity index (χ1) is 14.4. The first kappa shape index (κ1) is 21.0. The van der Waals surface area contributed by atoms with Gasteiger partial charge in [-0.05, 0) is 29.8 Å². The Morgan fingerprint density at radius 2 is 1.87 bits per heavy atom. The Labute approximate surface area is 183 Å².